The predicted molar refractivity (Wildman–Crippen MR) is 38.3 cm³/mol. The summed E-state index contributed by atoms with van der Waals surface area (Å²) in [5.74, 6) is 0. The van der Waals surface area contributed by atoms with Crippen molar-refractivity contribution in [1.82, 2.24) is 5.32 Å². The summed E-state index contributed by atoms with van der Waals surface area (Å²) in [6.07, 6.45) is -0.546. The Hall–Kier alpha value is -0.810. The Morgan fingerprint density at radius 1 is 1.55 bits per heavy atom. The molecule has 1 heterocycles. The lowest BCUT2D eigenvalue weighted by atomic mass is 10.7. The molecule has 1 rings (SSSR count). The average Bonchev–Trinajstić information content (AvgIpc) is 2.43. The summed E-state index contributed by atoms with van der Waals surface area (Å²) < 4.78 is 8.58. The van der Waals surface area contributed by atoms with Crippen LogP contribution in [-0.4, -0.2) is 44.7 Å². The van der Waals surface area contributed by atoms with Crippen LogP contribution in [0.2, 0.25) is 0 Å². The van der Waals surface area contributed by atoms with Crippen LogP contribution in [0.25, 0.3) is 0 Å². The molecule has 0 aliphatic carbocycles. The van der Waals surface area contributed by atoms with Crippen molar-refractivity contribution in [3.8, 4) is 0 Å². The van der Waals surface area contributed by atoms with E-state index in [-0.39, 0.29) is 6.61 Å². The number of carbonyl (C=O) groups is 1. The highest BCUT2D eigenvalue weighted by Gasteiger charge is 2.09. The van der Waals surface area contributed by atoms with E-state index in [4.69, 9.17) is 5.11 Å². The highest BCUT2D eigenvalue weighted by Crippen LogP contribution is 1.92. The van der Waals surface area contributed by atoms with E-state index in [0.29, 0.717) is 19.8 Å². The van der Waals surface area contributed by atoms with Gasteiger partial charge in [-0.1, -0.05) is 0 Å². The molecule has 5 nitrogen and oxygen atoms in total. The molecule has 0 aromatic heterocycles. The molecule has 1 aliphatic heterocycles. The zero-order chi connectivity index (χ0) is 8.53. The van der Waals surface area contributed by atoms with Crippen molar-refractivity contribution in [3.05, 3.63) is 0 Å². The topological polar surface area (TPSA) is 67.8 Å². The lowest BCUT2D eigenvalue weighted by Gasteiger charge is -1.84. The first-order chi connectivity index (χ1) is 5.31. The first kappa shape index (κ1) is 10.2. The molecular weight excluding hydrogens is 150 g/mol. The number of hydrogen-bond acceptors (Lipinski definition) is 5. The number of rotatable bonds is 2. The van der Waals surface area contributed by atoms with Gasteiger partial charge in [-0.3, -0.25) is 0 Å². The van der Waals surface area contributed by atoms with E-state index in [1.165, 1.54) is 0 Å². The summed E-state index contributed by atoms with van der Waals surface area (Å²) in [6, 6.07) is 0. The molecule has 0 unspecified atom stereocenters. The highest BCUT2D eigenvalue weighted by atomic mass is 16.8. The molecule has 0 bridgehead atoms. The van der Waals surface area contributed by atoms with Gasteiger partial charge in [-0.2, -0.15) is 0 Å². The van der Waals surface area contributed by atoms with Crippen LogP contribution in [0.5, 0.6) is 0 Å². The molecule has 0 amide bonds. The van der Waals surface area contributed by atoms with Crippen molar-refractivity contribution in [3.63, 3.8) is 0 Å². The van der Waals surface area contributed by atoms with Gasteiger partial charge in [-0.15, -0.1) is 0 Å². The van der Waals surface area contributed by atoms with Gasteiger partial charge in [-0.05, 0) is 7.05 Å². The Morgan fingerprint density at radius 2 is 2.09 bits per heavy atom. The first-order valence-corrected chi connectivity index (χ1v) is 3.36. The van der Waals surface area contributed by atoms with E-state index in [0.717, 1.165) is 0 Å². The third-order valence-electron chi connectivity index (χ3n) is 0.885. The molecule has 2 N–H and O–H groups in total. The van der Waals surface area contributed by atoms with Crippen molar-refractivity contribution >= 4 is 6.16 Å². The Morgan fingerprint density at radius 3 is 2.18 bits per heavy atom. The zero-order valence-electron chi connectivity index (χ0n) is 6.50. The van der Waals surface area contributed by atoms with Crippen LogP contribution in [0.4, 0.5) is 4.79 Å². The number of ether oxygens (including phenoxy) is 2. The summed E-state index contributed by atoms with van der Waals surface area (Å²) in [5, 5.41) is 10.8. The van der Waals surface area contributed by atoms with E-state index in [1.807, 2.05) is 0 Å². The monoisotopic (exact) mass is 163 g/mol. The van der Waals surface area contributed by atoms with Crippen LogP contribution in [0.15, 0.2) is 0 Å². The minimum atomic E-state index is -0.546. The third kappa shape index (κ3) is 7.08. The van der Waals surface area contributed by atoms with Gasteiger partial charge in [-0.25, -0.2) is 4.79 Å². The van der Waals surface area contributed by atoms with E-state index in [2.05, 4.69) is 14.8 Å². The fraction of sp³-hybridized carbons (Fsp3) is 0.833. The number of aliphatic hydroxyl groups excluding tert-OH is 1. The minimum Gasteiger partial charge on any atom is -0.431 e. The molecule has 1 aliphatic rings. The van der Waals surface area contributed by atoms with Crippen LogP contribution < -0.4 is 5.32 Å². The Balaban J connectivity index is 0.000000187. The minimum absolute atomic E-state index is 0.233. The molecule has 0 aromatic carbocycles. The Kier molecular flexibility index (Phi) is 6.76. The van der Waals surface area contributed by atoms with Gasteiger partial charge in [0.2, 0.25) is 0 Å². The summed E-state index contributed by atoms with van der Waals surface area (Å²) in [4.78, 5) is 9.80. The molecule has 0 aromatic rings. The van der Waals surface area contributed by atoms with Gasteiger partial charge in [0, 0.05) is 6.54 Å². The molecule has 5 heteroatoms. The van der Waals surface area contributed by atoms with Crippen LogP contribution in [-0.2, 0) is 9.47 Å². The summed E-state index contributed by atoms with van der Waals surface area (Å²) in [5.41, 5.74) is 0. The number of hydrogen-bond donors (Lipinski definition) is 2. The number of nitrogens with one attached hydrogen (secondary N) is 1. The fourth-order valence-corrected chi connectivity index (χ4v) is 0.403. The molecule has 66 valence electrons. The molecular formula is C6H13NO4. The number of carbonyl (C=O) groups excluding carboxylic acids is 1. The smallest absolute Gasteiger partial charge is 0.431 e. The first-order valence-electron chi connectivity index (χ1n) is 3.36. The van der Waals surface area contributed by atoms with Crippen molar-refractivity contribution in [2.45, 2.75) is 0 Å². The molecule has 0 radical (unpaired) electrons. The van der Waals surface area contributed by atoms with E-state index < -0.39 is 6.16 Å². The van der Waals surface area contributed by atoms with E-state index >= 15 is 0 Å². The predicted octanol–water partition coefficient (Wildman–Crippen LogP) is -0.649. The summed E-state index contributed by atoms with van der Waals surface area (Å²) >= 11 is 0. The maximum Gasteiger partial charge on any atom is 0.508 e. The van der Waals surface area contributed by atoms with Crippen molar-refractivity contribution < 1.29 is 19.4 Å². The second-order valence-corrected chi connectivity index (χ2v) is 1.77. The quantitative estimate of drug-likeness (QED) is 0.529. The van der Waals surface area contributed by atoms with Crippen LogP contribution in [0.1, 0.15) is 0 Å². The second kappa shape index (κ2) is 7.30. The Labute approximate surface area is 65.3 Å². The SMILES string of the molecule is CNCCO.O=C1OCCO1. The fourth-order valence-electron chi connectivity index (χ4n) is 0.403. The van der Waals surface area contributed by atoms with Gasteiger partial charge in [0.25, 0.3) is 0 Å². The molecule has 0 atom stereocenters. The van der Waals surface area contributed by atoms with Gasteiger partial charge in [0.1, 0.15) is 13.2 Å². The maximum absolute atomic E-state index is 9.80. The molecule has 11 heavy (non-hydrogen) atoms. The van der Waals surface area contributed by atoms with Crippen molar-refractivity contribution in [2.24, 2.45) is 0 Å². The molecule has 1 fully saturated rings. The van der Waals surface area contributed by atoms with E-state index in [9.17, 15) is 4.79 Å². The van der Waals surface area contributed by atoms with Gasteiger partial charge in [0.15, 0.2) is 0 Å². The molecule has 0 saturated carbocycles. The van der Waals surface area contributed by atoms with Crippen LogP contribution in [0.3, 0.4) is 0 Å². The standard InChI is InChI=1S/C3H9NO.C3H4O3/c1-4-2-3-5;4-3-5-1-2-6-3/h4-5H,2-3H2,1H3;1-2H2. The largest absolute Gasteiger partial charge is 0.508 e. The van der Waals surface area contributed by atoms with Gasteiger partial charge in [0.05, 0.1) is 6.61 Å². The highest BCUT2D eigenvalue weighted by molar-refractivity contribution is 5.61. The lowest BCUT2D eigenvalue weighted by molar-refractivity contribution is 0.131. The normalized spacial score (nSPS) is 14.5. The van der Waals surface area contributed by atoms with E-state index in [1.54, 1.807) is 7.05 Å². The van der Waals surface area contributed by atoms with Gasteiger partial charge >= 0.3 is 6.16 Å². The summed E-state index contributed by atoms with van der Waals surface area (Å²) in [7, 11) is 1.80. The van der Waals surface area contributed by atoms with Crippen LogP contribution in [0, 0.1) is 0 Å². The Bertz CT molecular complexity index is 96.8. The third-order valence-corrected chi connectivity index (χ3v) is 0.885. The number of likely N-dealkylation sites (N-methyl/N-ethyl adjacent to an activating group) is 1. The van der Waals surface area contributed by atoms with Gasteiger partial charge < -0.3 is 19.9 Å². The second-order valence-electron chi connectivity index (χ2n) is 1.77. The average molecular weight is 163 g/mol. The van der Waals surface area contributed by atoms with Crippen LogP contribution >= 0.6 is 0 Å². The zero-order valence-corrected chi connectivity index (χ0v) is 6.50. The van der Waals surface area contributed by atoms with Crippen molar-refractivity contribution in [1.29, 1.82) is 0 Å². The molecule has 1 saturated heterocycles. The number of cyclic esters (lactones) is 2. The van der Waals surface area contributed by atoms with Crippen molar-refractivity contribution in [2.75, 3.05) is 33.4 Å². The molecule has 0 spiro atoms. The maximum atomic E-state index is 9.80. The lowest BCUT2D eigenvalue weighted by Crippen LogP contribution is -2.10. The number of aliphatic hydroxyl groups is 1. The summed E-state index contributed by atoms with van der Waals surface area (Å²) in [6.45, 7) is 1.76.